The Balaban J connectivity index is 2.67. The molecule has 1 aromatic heterocycles. The van der Waals surface area contributed by atoms with Crippen LogP contribution >= 0.6 is 12.6 Å². The highest BCUT2D eigenvalue weighted by atomic mass is 32.1. The maximum absolute atomic E-state index is 9.62. The molecule has 0 fully saturated rings. The van der Waals surface area contributed by atoms with Gasteiger partial charge in [0.1, 0.15) is 11.9 Å². The molecule has 0 saturated carbocycles. The van der Waals surface area contributed by atoms with Crippen LogP contribution in [0.4, 0.5) is 0 Å². The molecular formula is C8H14N2O2S. The molecule has 2 atom stereocenters. The second kappa shape index (κ2) is 4.64. The number of aliphatic hydroxyl groups is 2. The van der Waals surface area contributed by atoms with Crippen LogP contribution in [0, 0.1) is 0 Å². The lowest BCUT2D eigenvalue weighted by Crippen LogP contribution is -2.21. The third-order valence-corrected chi connectivity index (χ3v) is 2.17. The molecule has 1 rings (SSSR count). The van der Waals surface area contributed by atoms with Gasteiger partial charge < -0.3 is 14.8 Å². The molecule has 0 spiro atoms. The van der Waals surface area contributed by atoms with Crippen LogP contribution in [0.5, 0.6) is 0 Å². The minimum Gasteiger partial charge on any atom is -0.390 e. The first kappa shape index (κ1) is 10.6. The molecule has 0 bridgehead atoms. The number of rotatable bonds is 4. The van der Waals surface area contributed by atoms with Crippen LogP contribution in [0.25, 0.3) is 0 Å². The lowest BCUT2D eigenvalue weighted by atomic mass is 10.1. The van der Waals surface area contributed by atoms with E-state index in [9.17, 15) is 10.2 Å². The maximum Gasteiger partial charge on any atom is 0.140 e. The Labute approximate surface area is 82.6 Å². The number of aliphatic hydroxyl groups excluding tert-OH is 2. The summed E-state index contributed by atoms with van der Waals surface area (Å²) in [4.78, 5) is 3.95. The van der Waals surface area contributed by atoms with Crippen molar-refractivity contribution in [1.82, 2.24) is 9.55 Å². The summed E-state index contributed by atoms with van der Waals surface area (Å²) >= 11 is 3.98. The molecular weight excluding hydrogens is 188 g/mol. The van der Waals surface area contributed by atoms with Crippen molar-refractivity contribution in [3.05, 3.63) is 18.2 Å². The smallest absolute Gasteiger partial charge is 0.140 e. The average molecular weight is 202 g/mol. The van der Waals surface area contributed by atoms with Gasteiger partial charge in [0.25, 0.3) is 0 Å². The summed E-state index contributed by atoms with van der Waals surface area (Å²) in [7, 11) is 1.78. The van der Waals surface area contributed by atoms with Crippen LogP contribution in [0.1, 0.15) is 18.3 Å². The van der Waals surface area contributed by atoms with Crippen molar-refractivity contribution in [2.45, 2.75) is 18.6 Å². The summed E-state index contributed by atoms with van der Waals surface area (Å²) in [6.07, 6.45) is 2.06. The van der Waals surface area contributed by atoms with Gasteiger partial charge in [0.05, 0.1) is 6.10 Å². The Bertz CT molecular complexity index is 264. The molecule has 0 aliphatic carbocycles. The molecule has 5 heteroatoms. The van der Waals surface area contributed by atoms with Gasteiger partial charge in [-0.05, 0) is 12.2 Å². The highest BCUT2D eigenvalue weighted by Gasteiger charge is 2.20. The van der Waals surface area contributed by atoms with E-state index in [1.54, 1.807) is 24.0 Å². The lowest BCUT2D eigenvalue weighted by molar-refractivity contribution is 0.0104. The quantitative estimate of drug-likeness (QED) is 0.608. The normalized spacial score (nSPS) is 15.7. The summed E-state index contributed by atoms with van der Waals surface area (Å²) < 4.78 is 1.69. The molecule has 2 N–H and O–H groups in total. The van der Waals surface area contributed by atoms with Gasteiger partial charge in [-0.3, -0.25) is 0 Å². The van der Waals surface area contributed by atoms with Gasteiger partial charge >= 0.3 is 0 Å². The Kier molecular flexibility index (Phi) is 3.77. The summed E-state index contributed by atoms with van der Waals surface area (Å²) in [5.41, 5.74) is 0. The number of imidazole rings is 1. The number of hydrogen-bond acceptors (Lipinski definition) is 4. The fourth-order valence-electron chi connectivity index (χ4n) is 1.12. The van der Waals surface area contributed by atoms with Crippen LogP contribution in [-0.2, 0) is 7.05 Å². The van der Waals surface area contributed by atoms with E-state index >= 15 is 0 Å². The SMILES string of the molecule is Cn1ccnc1C(O)C(O)CCS. The summed E-state index contributed by atoms with van der Waals surface area (Å²) in [5.74, 6) is 1.03. The molecule has 2 unspecified atom stereocenters. The molecule has 74 valence electrons. The highest BCUT2D eigenvalue weighted by molar-refractivity contribution is 7.80. The van der Waals surface area contributed by atoms with Crippen molar-refractivity contribution in [2.24, 2.45) is 7.05 Å². The van der Waals surface area contributed by atoms with Crippen LogP contribution in [-0.4, -0.2) is 31.6 Å². The van der Waals surface area contributed by atoms with E-state index in [4.69, 9.17) is 0 Å². The van der Waals surface area contributed by atoms with Gasteiger partial charge in [-0.1, -0.05) is 0 Å². The van der Waals surface area contributed by atoms with Crippen LogP contribution in [0.15, 0.2) is 12.4 Å². The van der Waals surface area contributed by atoms with Crippen LogP contribution in [0.3, 0.4) is 0 Å². The number of hydrogen-bond donors (Lipinski definition) is 3. The minimum absolute atomic E-state index is 0.455. The predicted molar refractivity (Wildman–Crippen MR) is 52.6 cm³/mol. The van der Waals surface area contributed by atoms with Gasteiger partial charge in [0, 0.05) is 19.4 Å². The van der Waals surface area contributed by atoms with Crippen molar-refractivity contribution >= 4 is 12.6 Å². The molecule has 13 heavy (non-hydrogen) atoms. The molecule has 0 aliphatic rings. The Morgan fingerprint density at radius 1 is 1.62 bits per heavy atom. The van der Waals surface area contributed by atoms with Crippen molar-refractivity contribution in [3.63, 3.8) is 0 Å². The molecule has 4 nitrogen and oxygen atoms in total. The third kappa shape index (κ3) is 2.46. The first-order valence-corrected chi connectivity index (χ1v) is 4.74. The number of aromatic nitrogens is 2. The van der Waals surface area contributed by atoms with E-state index < -0.39 is 12.2 Å². The van der Waals surface area contributed by atoms with Gasteiger partial charge in [-0.15, -0.1) is 0 Å². The predicted octanol–water partition coefficient (Wildman–Crippen LogP) is 0.134. The Hall–Kier alpha value is -0.520. The highest BCUT2D eigenvalue weighted by Crippen LogP contribution is 2.16. The lowest BCUT2D eigenvalue weighted by Gasteiger charge is -2.16. The van der Waals surface area contributed by atoms with Gasteiger partial charge in [-0.2, -0.15) is 12.6 Å². The fourth-order valence-corrected chi connectivity index (χ4v) is 1.39. The molecule has 1 aromatic rings. The van der Waals surface area contributed by atoms with E-state index in [-0.39, 0.29) is 0 Å². The van der Waals surface area contributed by atoms with Crippen LogP contribution in [0.2, 0.25) is 0 Å². The molecule has 1 heterocycles. The summed E-state index contributed by atoms with van der Waals surface area (Å²) in [6, 6.07) is 0. The molecule has 0 aliphatic heterocycles. The van der Waals surface area contributed by atoms with Crippen LogP contribution < -0.4 is 0 Å². The van der Waals surface area contributed by atoms with Gasteiger partial charge in [0.2, 0.25) is 0 Å². The minimum atomic E-state index is -0.924. The first-order valence-electron chi connectivity index (χ1n) is 4.11. The monoisotopic (exact) mass is 202 g/mol. The van der Waals surface area contributed by atoms with E-state index in [1.807, 2.05) is 0 Å². The molecule has 0 aromatic carbocycles. The zero-order valence-corrected chi connectivity index (χ0v) is 8.35. The van der Waals surface area contributed by atoms with Crippen molar-refractivity contribution in [2.75, 3.05) is 5.75 Å². The first-order chi connectivity index (χ1) is 6.16. The van der Waals surface area contributed by atoms with E-state index in [0.717, 1.165) is 0 Å². The molecule has 0 amide bonds. The summed E-state index contributed by atoms with van der Waals surface area (Å²) in [5, 5.41) is 19.1. The molecule has 0 radical (unpaired) electrons. The Morgan fingerprint density at radius 2 is 2.31 bits per heavy atom. The van der Waals surface area contributed by atoms with E-state index in [1.165, 1.54) is 0 Å². The maximum atomic E-state index is 9.62. The van der Waals surface area contributed by atoms with Crippen molar-refractivity contribution < 1.29 is 10.2 Å². The number of thiol groups is 1. The number of nitrogens with zero attached hydrogens (tertiary/aromatic N) is 2. The van der Waals surface area contributed by atoms with Crippen molar-refractivity contribution in [3.8, 4) is 0 Å². The molecule has 0 saturated heterocycles. The number of aryl methyl sites for hydroxylation is 1. The largest absolute Gasteiger partial charge is 0.390 e. The zero-order valence-electron chi connectivity index (χ0n) is 7.46. The van der Waals surface area contributed by atoms with E-state index in [0.29, 0.717) is 18.0 Å². The third-order valence-electron chi connectivity index (χ3n) is 1.91. The second-order valence-corrected chi connectivity index (χ2v) is 3.37. The average Bonchev–Trinajstić information content (AvgIpc) is 2.50. The Morgan fingerprint density at radius 3 is 2.77 bits per heavy atom. The van der Waals surface area contributed by atoms with Gasteiger partial charge in [-0.25, -0.2) is 4.98 Å². The van der Waals surface area contributed by atoms with Crippen molar-refractivity contribution in [1.29, 1.82) is 0 Å². The fraction of sp³-hybridized carbons (Fsp3) is 0.625. The second-order valence-electron chi connectivity index (χ2n) is 2.92. The summed E-state index contributed by atoms with van der Waals surface area (Å²) in [6.45, 7) is 0. The van der Waals surface area contributed by atoms with E-state index in [2.05, 4.69) is 17.6 Å². The standard InChI is InChI=1S/C8H14N2O2S/c1-10-4-3-9-8(10)7(12)6(11)2-5-13/h3-4,6-7,11-13H,2,5H2,1H3. The topological polar surface area (TPSA) is 58.3 Å². The zero-order chi connectivity index (χ0) is 9.84. The van der Waals surface area contributed by atoms with Gasteiger partial charge in [0.15, 0.2) is 0 Å².